The summed E-state index contributed by atoms with van der Waals surface area (Å²) in [6.07, 6.45) is 3.52. The first-order chi connectivity index (χ1) is 11.2. The molecule has 23 heavy (non-hydrogen) atoms. The molecule has 0 spiro atoms. The lowest BCUT2D eigenvalue weighted by molar-refractivity contribution is 0.622. The number of aromatic nitrogens is 1. The number of fused-ring (bicyclic) bond motifs is 1. The fourth-order valence-corrected chi connectivity index (χ4v) is 5.40. The van der Waals surface area contributed by atoms with Gasteiger partial charge in [0.2, 0.25) is 0 Å². The summed E-state index contributed by atoms with van der Waals surface area (Å²) in [4.78, 5) is 7.15. The minimum absolute atomic E-state index is 0.279. The molecule has 0 bridgehead atoms. The van der Waals surface area contributed by atoms with Crippen LogP contribution in [-0.4, -0.2) is 11.0 Å². The summed E-state index contributed by atoms with van der Waals surface area (Å²) in [5, 5.41) is 6.14. The van der Waals surface area contributed by atoms with Crippen molar-refractivity contribution in [2.75, 3.05) is 5.32 Å². The number of anilines is 1. The van der Waals surface area contributed by atoms with Gasteiger partial charge in [-0.25, -0.2) is 4.98 Å². The third-order valence-corrected chi connectivity index (χ3v) is 6.79. The first kappa shape index (κ1) is 15.4. The smallest absolute Gasteiger partial charge is 0.131 e. The highest BCUT2D eigenvalue weighted by Gasteiger charge is 2.27. The molecule has 1 fully saturated rings. The molecule has 4 rings (SSSR count). The normalized spacial score (nSPS) is 21.1. The van der Waals surface area contributed by atoms with Gasteiger partial charge < -0.3 is 11.1 Å². The van der Waals surface area contributed by atoms with E-state index < -0.39 is 0 Å². The Morgan fingerprint density at radius 3 is 3.00 bits per heavy atom. The number of nitrogens with two attached hydrogens (primary N) is 1. The summed E-state index contributed by atoms with van der Waals surface area (Å²) in [6.45, 7) is 0.809. The minimum atomic E-state index is 0.279. The zero-order valence-electron chi connectivity index (χ0n) is 12.6. The van der Waals surface area contributed by atoms with Crippen LogP contribution in [0.3, 0.4) is 0 Å². The Balaban J connectivity index is 1.67. The lowest BCUT2D eigenvalue weighted by Gasteiger charge is -2.12. The van der Waals surface area contributed by atoms with Gasteiger partial charge in [0.1, 0.15) is 5.15 Å². The van der Waals surface area contributed by atoms with E-state index >= 15 is 0 Å². The van der Waals surface area contributed by atoms with Gasteiger partial charge in [-0.05, 0) is 30.4 Å². The molecule has 1 aliphatic rings. The first-order valence-electron chi connectivity index (χ1n) is 7.82. The Hall–Kier alpha value is -1.14. The maximum Gasteiger partial charge on any atom is 0.131 e. The van der Waals surface area contributed by atoms with E-state index in [9.17, 15) is 0 Å². The SMILES string of the molecule is N[C@@H]1CCC[C@@H]1c1cc2nc(Cl)cc(NCc3cccs3)c2s1. The number of hydrogen-bond acceptors (Lipinski definition) is 5. The summed E-state index contributed by atoms with van der Waals surface area (Å²) in [7, 11) is 0. The van der Waals surface area contributed by atoms with E-state index in [4.69, 9.17) is 17.3 Å². The predicted octanol–water partition coefficient (Wildman–Crippen LogP) is 5.22. The molecule has 0 aromatic carbocycles. The maximum absolute atomic E-state index is 6.27. The molecule has 0 unspecified atom stereocenters. The van der Waals surface area contributed by atoms with Crippen LogP contribution in [-0.2, 0) is 6.54 Å². The number of rotatable bonds is 4. The van der Waals surface area contributed by atoms with Crippen LogP contribution in [0, 0.1) is 0 Å². The molecule has 6 heteroatoms. The van der Waals surface area contributed by atoms with Crippen LogP contribution in [0.5, 0.6) is 0 Å². The van der Waals surface area contributed by atoms with Crippen LogP contribution >= 0.6 is 34.3 Å². The number of hydrogen-bond donors (Lipinski definition) is 2. The molecular weight excluding hydrogens is 346 g/mol. The summed E-state index contributed by atoms with van der Waals surface area (Å²) >= 11 is 9.78. The molecule has 120 valence electrons. The largest absolute Gasteiger partial charge is 0.379 e. The Morgan fingerprint density at radius 2 is 2.26 bits per heavy atom. The van der Waals surface area contributed by atoms with Gasteiger partial charge in [0, 0.05) is 34.3 Å². The summed E-state index contributed by atoms with van der Waals surface area (Å²) in [5.74, 6) is 0.470. The molecule has 1 saturated carbocycles. The molecule has 3 aromatic heterocycles. The molecule has 3 N–H and O–H groups in total. The quantitative estimate of drug-likeness (QED) is 0.625. The van der Waals surface area contributed by atoms with Crippen molar-refractivity contribution in [1.82, 2.24) is 4.98 Å². The van der Waals surface area contributed by atoms with Crippen LogP contribution < -0.4 is 11.1 Å². The second-order valence-electron chi connectivity index (χ2n) is 5.99. The first-order valence-corrected chi connectivity index (χ1v) is 9.90. The van der Waals surface area contributed by atoms with Crippen LogP contribution in [0.25, 0.3) is 10.2 Å². The number of nitrogens with zero attached hydrogens (tertiary/aromatic N) is 1. The average Bonchev–Trinajstić information content (AvgIpc) is 3.23. The molecule has 0 saturated heterocycles. The van der Waals surface area contributed by atoms with Crippen LogP contribution in [0.2, 0.25) is 5.15 Å². The van der Waals surface area contributed by atoms with Crippen molar-refractivity contribution in [3.63, 3.8) is 0 Å². The monoisotopic (exact) mass is 363 g/mol. The number of halogens is 1. The molecule has 3 aromatic rings. The highest BCUT2D eigenvalue weighted by Crippen LogP contribution is 2.41. The lowest BCUT2D eigenvalue weighted by Crippen LogP contribution is -2.21. The van der Waals surface area contributed by atoms with Crippen molar-refractivity contribution >= 4 is 50.2 Å². The lowest BCUT2D eigenvalue weighted by atomic mass is 10.0. The van der Waals surface area contributed by atoms with Gasteiger partial charge in [-0.1, -0.05) is 24.1 Å². The van der Waals surface area contributed by atoms with E-state index in [1.165, 1.54) is 27.3 Å². The zero-order valence-corrected chi connectivity index (χ0v) is 15.0. The zero-order chi connectivity index (χ0) is 15.8. The second-order valence-corrected chi connectivity index (χ2v) is 8.49. The molecule has 1 aliphatic carbocycles. The fraction of sp³-hybridized carbons (Fsp3) is 0.353. The van der Waals surface area contributed by atoms with E-state index in [0.717, 1.165) is 24.2 Å². The Kier molecular flexibility index (Phi) is 4.28. The van der Waals surface area contributed by atoms with Gasteiger partial charge >= 0.3 is 0 Å². The molecule has 0 aliphatic heterocycles. The summed E-state index contributed by atoms with van der Waals surface area (Å²) in [6, 6.07) is 8.59. The molecule has 2 atom stereocenters. The predicted molar refractivity (Wildman–Crippen MR) is 101 cm³/mol. The van der Waals surface area contributed by atoms with E-state index in [1.54, 1.807) is 11.3 Å². The maximum atomic E-state index is 6.27. The Bertz CT molecular complexity index is 813. The van der Waals surface area contributed by atoms with Crippen LogP contribution in [0.4, 0.5) is 5.69 Å². The van der Waals surface area contributed by atoms with Crippen molar-refractivity contribution in [1.29, 1.82) is 0 Å². The molecule has 3 nitrogen and oxygen atoms in total. The van der Waals surface area contributed by atoms with Gasteiger partial charge in [0.15, 0.2) is 0 Å². The minimum Gasteiger partial charge on any atom is -0.379 e. The van der Waals surface area contributed by atoms with Gasteiger partial charge in [0.05, 0.1) is 15.9 Å². The number of pyridine rings is 1. The van der Waals surface area contributed by atoms with E-state index in [2.05, 4.69) is 33.9 Å². The van der Waals surface area contributed by atoms with Crippen molar-refractivity contribution in [3.8, 4) is 0 Å². The standard InChI is InChI=1S/C17H18ClN3S2/c18-16-8-13(20-9-10-3-2-6-22-10)17-14(21-16)7-15(23-17)11-4-1-5-12(11)19/h2-3,6-8,11-12H,1,4-5,9,19H2,(H,20,21)/t11-,12+/m0/s1. The number of nitrogens with one attached hydrogen (secondary N) is 1. The van der Waals surface area contributed by atoms with Gasteiger partial charge in [-0.2, -0.15) is 0 Å². The van der Waals surface area contributed by atoms with Crippen molar-refractivity contribution in [3.05, 3.63) is 44.6 Å². The van der Waals surface area contributed by atoms with E-state index in [1.807, 2.05) is 17.4 Å². The van der Waals surface area contributed by atoms with E-state index in [0.29, 0.717) is 11.1 Å². The third kappa shape index (κ3) is 3.11. The van der Waals surface area contributed by atoms with Gasteiger partial charge in [0.25, 0.3) is 0 Å². The second kappa shape index (κ2) is 6.40. The van der Waals surface area contributed by atoms with Crippen LogP contribution in [0.1, 0.15) is 34.9 Å². The summed E-state index contributed by atoms with van der Waals surface area (Å²) in [5.41, 5.74) is 8.31. The Labute approximate surface area is 148 Å². The van der Waals surface area contributed by atoms with Crippen molar-refractivity contribution in [2.24, 2.45) is 5.73 Å². The fourth-order valence-electron chi connectivity index (χ4n) is 3.26. The van der Waals surface area contributed by atoms with Crippen LogP contribution in [0.15, 0.2) is 29.6 Å². The van der Waals surface area contributed by atoms with Gasteiger partial charge in [-0.3, -0.25) is 0 Å². The summed E-state index contributed by atoms with van der Waals surface area (Å²) < 4.78 is 1.18. The highest BCUT2D eigenvalue weighted by molar-refractivity contribution is 7.19. The third-order valence-electron chi connectivity index (χ3n) is 4.43. The molecule has 3 heterocycles. The highest BCUT2D eigenvalue weighted by atomic mass is 35.5. The molecule has 0 amide bonds. The van der Waals surface area contributed by atoms with Crippen molar-refractivity contribution in [2.45, 2.75) is 37.8 Å². The average molecular weight is 364 g/mol. The molecule has 0 radical (unpaired) electrons. The Morgan fingerprint density at radius 1 is 1.35 bits per heavy atom. The van der Waals surface area contributed by atoms with Gasteiger partial charge in [-0.15, -0.1) is 22.7 Å². The van der Waals surface area contributed by atoms with Crippen molar-refractivity contribution < 1.29 is 0 Å². The molecular formula is C17H18ClN3S2. The topological polar surface area (TPSA) is 50.9 Å². The van der Waals surface area contributed by atoms with E-state index in [-0.39, 0.29) is 6.04 Å². The number of thiophene rings is 2.